The molecule has 0 aliphatic rings. The highest BCUT2D eigenvalue weighted by Crippen LogP contribution is 2.30. The van der Waals surface area contributed by atoms with E-state index in [1.807, 2.05) is 6.07 Å². The Morgan fingerprint density at radius 2 is 1.93 bits per heavy atom. The molecule has 146 valence electrons. The van der Waals surface area contributed by atoms with Crippen molar-refractivity contribution in [1.82, 2.24) is 5.32 Å². The molecule has 0 bridgehead atoms. The van der Waals surface area contributed by atoms with Gasteiger partial charge < -0.3 is 20.1 Å². The van der Waals surface area contributed by atoms with Gasteiger partial charge in [-0.1, -0.05) is 17.7 Å². The highest BCUT2D eigenvalue weighted by Gasteiger charge is 2.15. The number of anilines is 1. The number of nitrogens with one attached hydrogen (secondary N) is 2. The van der Waals surface area contributed by atoms with Gasteiger partial charge in [0.2, 0.25) is 0 Å². The molecule has 2 aromatic rings. The standard InChI is InChI=1S/C20H19ClFN3O3/c1-12(13-4-7-18(27-2)19(8-13)28-3)25-20(26)14(10-23)11-24-15-5-6-17(22)16(21)9-15/h4-9,11-12,24H,1-3H3,(H,25,26)/b14-11-. The number of halogens is 2. The third-order valence-corrected chi connectivity index (χ3v) is 4.21. The predicted octanol–water partition coefficient (Wildman–Crippen LogP) is 4.19. The number of hydrogen-bond acceptors (Lipinski definition) is 5. The van der Waals surface area contributed by atoms with Gasteiger partial charge in [0.15, 0.2) is 11.5 Å². The van der Waals surface area contributed by atoms with E-state index in [0.717, 1.165) is 5.56 Å². The van der Waals surface area contributed by atoms with Gasteiger partial charge in [-0.15, -0.1) is 0 Å². The highest BCUT2D eigenvalue weighted by atomic mass is 35.5. The SMILES string of the molecule is COc1ccc(C(C)NC(=O)/C(C#N)=C\Nc2ccc(F)c(Cl)c2)cc1OC. The number of nitriles is 1. The van der Waals surface area contributed by atoms with Crippen LogP contribution in [-0.4, -0.2) is 20.1 Å². The topological polar surface area (TPSA) is 83.4 Å². The summed E-state index contributed by atoms with van der Waals surface area (Å²) in [5.74, 6) is -0.0137. The zero-order valence-electron chi connectivity index (χ0n) is 15.5. The molecule has 6 nitrogen and oxygen atoms in total. The molecule has 1 amide bonds. The van der Waals surface area contributed by atoms with Crippen LogP contribution < -0.4 is 20.1 Å². The molecule has 2 N–H and O–H groups in total. The van der Waals surface area contributed by atoms with Crippen LogP contribution in [0.4, 0.5) is 10.1 Å². The second kappa shape index (κ2) is 9.62. The average Bonchev–Trinajstić information content (AvgIpc) is 2.70. The maximum atomic E-state index is 13.2. The van der Waals surface area contributed by atoms with Gasteiger partial charge in [0, 0.05) is 11.9 Å². The van der Waals surface area contributed by atoms with Gasteiger partial charge in [-0.3, -0.25) is 4.79 Å². The van der Waals surface area contributed by atoms with Crippen molar-refractivity contribution in [3.8, 4) is 17.6 Å². The van der Waals surface area contributed by atoms with E-state index in [9.17, 15) is 14.4 Å². The summed E-state index contributed by atoms with van der Waals surface area (Å²) >= 11 is 5.71. The van der Waals surface area contributed by atoms with Crippen LogP contribution in [0, 0.1) is 17.1 Å². The fraction of sp³-hybridized carbons (Fsp3) is 0.200. The summed E-state index contributed by atoms with van der Waals surface area (Å²) in [4.78, 5) is 12.4. The number of ether oxygens (including phenoxy) is 2. The number of nitrogens with zero attached hydrogens (tertiary/aromatic N) is 1. The molecule has 0 fully saturated rings. The largest absolute Gasteiger partial charge is 0.493 e. The fourth-order valence-corrected chi connectivity index (χ4v) is 2.55. The molecule has 0 aliphatic carbocycles. The minimum atomic E-state index is -0.564. The number of carbonyl (C=O) groups is 1. The van der Waals surface area contributed by atoms with Crippen LogP contribution in [0.15, 0.2) is 48.2 Å². The van der Waals surface area contributed by atoms with Crippen molar-refractivity contribution in [2.24, 2.45) is 0 Å². The molecule has 1 unspecified atom stereocenters. The maximum Gasteiger partial charge on any atom is 0.263 e. The Labute approximate surface area is 167 Å². The van der Waals surface area contributed by atoms with Gasteiger partial charge in [-0.2, -0.15) is 5.26 Å². The molecule has 1 atom stereocenters. The summed E-state index contributed by atoms with van der Waals surface area (Å²) in [5.41, 5.74) is 1.08. The van der Waals surface area contributed by atoms with Crippen LogP contribution in [0.25, 0.3) is 0 Å². The third-order valence-electron chi connectivity index (χ3n) is 3.92. The predicted molar refractivity (Wildman–Crippen MR) is 105 cm³/mol. The van der Waals surface area contributed by atoms with Gasteiger partial charge in [-0.25, -0.2) is 4.39 Å². The number of methoxy groups -OCH3 is 2. The normalized spacial score (nSPS) is 11.9. The van der Waals surface area contributed by atoms with E-state index in [4.69, 9.17) is 21.1 Å². The van der Waals surface area contributed by atoms with Crippen LogP contribution in [0.1, 0.15) is 18.5 Å². The molecule has 0 spiro atoms. The van der Waals surface area contributed by atoms with Crippen molar-refractivity contribution in [3.05, 3.63) is 64.6 Å². The smallest absolute Gasteiger partial charge is 0.263 e. The molecule has 8 heteroatoms. The lowest BCUT2D eigenvalue weighted by molar-refractivity contribution is -0.117. The number of rotatable bonds is 7. The van der Waals surface area contributed by atoms with Gasteiger partial charge in [-0.05, 0) is 42.8 Å². The number of benzene rings is 2. The lowest BCUT2D eigenvalue weighted by Gasteiger charge is -2.16. The van der Waals surface area contributed by atoms with E-state index in [1.165, 1.54) is 38.6 Å². The van der Waals surface area contributed by atoms with Gasteiger partial charge in [0.25, 0.3) is 5.91 Å². The van der Waals surface area contributed by atoms with Crippen molar-refractivity contribution >= 4 is 23.2 Å². The fourth-order valence-electron chi connectivity index (χ4n) is 2.37. The van der Waals surface area contributed by atoms with Crippen LogP contribution in [-0.2, 0) is 4.79 Å². The number of amides is 1. The van der Waals surface area contributed by atoms with Gasteiger partial charge in [0.05, 0.1) is 25.3 Å². The van der Waals surface area contributed by atoms with E-state index in [1.54, 1.807) is 25.1 Å². The Balaban J connectivity index is 2.10. The minimum absolute atomic E-state index is 0.0663. The first kappa shape index (κ1) is 21.1. The molecule has 0 radical (unpaired) electrons. The Kier molecular flexibility index (Phi) is 7.24. The number of hydrogen-bond donors (Lipinski definition) is 2. The molecule has 2 aromatic carbocycles. The summed E-state index contributed by atoms with van der Waals surface area (Å²) < 4.78 is 23.6. The second-order valence-electron chi connectivity index (χ2n) is 5.75. The first-order valence-corrected chi connectivity index (χ1v) is 8.62. The minimum Gasteiger partial charge on any atom is -0.493 e. The molecule has 28 heavy (non-hydrogen) atoms. The quantitative estimate of drug-likeness (QED) is 0.535. The Bertz CT molecular complexity index is 941. The molecule has 0 heterocycles. The highest BCUT2D eigenvalue weighted by molar-refractivity contribution is 6.31. The van der Waals surface area contributed by atoms with Gasteiger partial charge in [0.1, 0.15) is 17.5 Å². The van der Waals surface area contributed by atoms with Crippen molar-refractivity contribution in [1.29, 1.82) is 5.26 Å². The van der Waals surface area contributed by atoms with E-state index in [0.29, 0.717) is 17.2 Å². The second-order valence-corrected chi connectivity index (χ2v) is 6.16. The monoisotopic (exact) mass is 403 g/mol. The first-order chi connectivity index (χ1) is 13.4. The Hall–Kier alpha value is -3.24. The summed E-state index contributed by atoms with van der Waals surface area (Å²) in [6.45, 7) is 1.78. The summed E-state index contributed by atoms with van der Waals surface area (Å²) in [7, 11) is 3.06. The van der Waals surface area contributed by atoms with E-state index < -0.39 is 11.7 Å². The van der Waals surface area contributed by atoms with Crippen LogP contribution in [0.5, 0.6) is 11.5 Å². The average molecular weight is 404 g/mol. The summed E-state index contributed by atoms with van der Waals surface area (Å²) in [6, 6.07) is 10.7. The van der Waals surface area contributed by atoms with Crippen LogP contribution >= 0.6 is 11.6 Å². The van der Waals surface area contributed by atoms with E-state index in [2.05, 4.69) is 10.6 Å². The third kappa shape index (κ3) is 5.15. The van der Waals surface area contributed by atoms with Crippen LogP contribution in [0.3, 0.4) is 0 Å². The van der Waals surface area contributed by atoms with Crippen LogP contribution in [0.2, 0.25) is 5.02 Å². The molecule has 0 saturated carbocycles. The lowest BCUT2D eigenvalue weighted by atomic mass is 10.1. The van der Waals surface area contributed by atoms with Crippen molar-refractivity contribution in [2.45, 2.75) is 13.0 Å². The molecule has 0 saturated heterocycles. The van der Waals surface area contributed by atoms with E-state index in [-0.39, 0.29) is 16.6 Å². The van der Waals surface area contributed by atoms with Crippen molar-refractivity contribution < 1.29 is 18.7 Å². The summed E-state index contributed by atoms with van der Waals surface area (Å²) in [6.07, 6.45) is 1.24. The molecule has 0 aliphatic heterocycles. The molecule has 0 aromatic heterocycles. The zero-order chi connectivity index (χ0) is 20.7. The zero-order valence-corrected chi connectivity index (χ0v) is 16.3. The van der Waals surface area contributed by atoms with Crippen molar-refractivity contribution in [2.75, 3.05) is 19.5 Å². The molecule has 2 rings (SSSR count). The molecular weight excluding hydrogens is 385 g/mol. The Morgan fingerprint density at radius 3 is 2.54 bits per heavy atom. The maximum absolute atomic E-state index is 13.2. The lowest BCUT2D eigenvalue weighted by Crippen LogP contribution is -2.28. The van der Waals surface area contributed by atoms with E-state index >= 15 is 0 Å². The number of carbonyl (C=O) groups excluding carboxylic acids is 1. The molecular formula is C20H19ClFN3O3. The summed E-state index contributed by atoms with van der Waals surface area (Å²) in [5, 5.41) is 14.7. The van der Waals surface area contributed by atoms with Gasteiger partial charge >= 0.3 is 0 Å². The Morgan fingerprint density at radius 1 is 1.21 bits per heavy atom. The first-order valence-electron chi connectivity index (χ1n) is 8.24. The van der Waals surface area contributed by atoms with Crippen molar-refractivity contribution in [3.63, 3.8) is 0 Å².